The van der Waals surface area contributed by atoms with Crippen molar-refractivity contribution in [1.29, 1.82) is 0 Å². The Morgan fingerprint density at radius 1 is 1.15 bits per heavy atom. The zero-order valence-corrected chi connectivity index (χ0v) is 13.9. The van der Waals surface area contributed by atoms with Gasteiger partial charge in [-0.15, -0.1) is 0 Å². The third-order valence-corrected chi connectivity index (χ3v) is 4.67. The van der Waals surface area contributed by atoms with Crippen LogP contribution in [0.2, 0.25) is 0 Å². The van der Waals surface area contributed by atoms with Gasteiger partial charge in [-0.25, -0.2) is 0 Å². The van der Waals surface area contributed by atoms with Crippen LogP contribution in [0.1, 0.15) is 46.5 Å². The molecule has 0 aromatic rings. The van der Waals surface area contributed by atoms with Gasteiger partial charge in [0.1, 0.15) is 0 Å². The molecular weight excluding hydrogens is 252 g/mol. The van der Waals surface area contributed by atoms with Gasteiger partial charge in [0.2, 0.25) is 0 Å². The van der Waals surface area contributed by atoms with Crippen LogP contribution in [-0.4, -0.2) is 63.0 Å². The molecular formula is C16H34N2O2. The second kappa shape index (κ2) is 9.72. The largest absolute Gasteiger partial charge is 0.382 e. The lowest BCUT2D eigenvalue weighted by atomic mass is 9.88. The van der Waals surface area contributed by atoms with E-state index in [9.17, 15) is 0 Å². The van der Waals surface area contributed by atoms with Gasteiger partial charge in [-0.05, 0) is 39.2 Å². The van der Waals surface area contributed by atoms with Gasteiger partial charge < -0.3 is 14.8 Å². The van der Waals surface area contributed by atoms with Crippen LogP contribution in [0.25, 0.3) is 0 Å². The highest BCUT2D eigenvalue weighted by atomic mass is 16.5. The molecule has 120 valence electrons. The molecule has 0 amide bonds. The first kappa shape index (κ1) is 17.9. The van der Waals surface area contributed by atoms with E-state index in [0.717, 1.165) is 26.2 Å². The summed E-state index contributed by atoms with van der Waals surface area (Å²) in [6.45, 7) is 12.7. The quantitative estimate of drug-likeness (QED) is 0.625. The Kier molecular flexibility index (Phi) is 8.69. The van der Waals surface area contributed by atoms with Crippen LogP contribution in [0, 0.1) is 0 Å². The molecule has 1 rings (SSSR count). The maximum atomic E-state index is 5.52. The zero-order chi connectivity index (χ0) is 14.8. The summed E-state index contributed by atoms with van der Waals surface area (Å²) in [4.78, 5) is 2.65. The van der Waals surface area contributed by atoms with Crippen molar-refractivity contribution in [3.63, 3.8) is 0 Å². The second-order valence-corrected chi connectivity index (χ2v) is 6.00. The van der Waals surface area contributed by atoms with E-state index in [1.54, 1.807) is 7.11 Å². The van der Waals surface area contributed by atoms with Crippen molar-refractivity contribution in [1.82, 2.24) is 10.2 Å². The van der Waals surface area contributed by atoms with Crippen LogP contribution in [0.5, 0.6) is 0 Å². The molecule has 0 bridgehead atoms. The third kappa shape index (κ3) is 5.68. The van der Waals surface area contributed by atoms with Crippen molar-refractivity contribution in [3.05, 3.63) is 0 Å². The first-order valence-corrected chi connectivity index (χ1v) is 8.23. The number of ether oxygens (including phenoxy) is 2. The fourth-order valence-electron chi connectivity index (χ4n) is 2.88. The third-order valence-electron chi connectivity index (χ3n) is 4.67. The molecule has 0 aromatic carbocycles. The molecule has 1 atom stereocenters. The second-order valence-electron chi connectivity index (χ2n) is 6.00. The van der Waals surface area contributed by atoms with Crippen molar-refractivity contribution in [2.75, 3.05) is 46.6 Å². The van der Waals surface area contributed by atoms with E-state index in [2.05, 4.69) is 31.0 Å². The first-order valence-electron chi connectivity index (χ1n) is 8.23. The molecule has 0 aliphatic carbocycles. The molecule has 4 nitrogen and oxygen atoms in total. The lowest BCUT2D eigenvalue weighted by Gasteiger charge is -2.46. The van der Waals surface area contributed by atoms with Crippen molar-refractivity contribution in [2.24, 2.45) is 0 Å². The van der Waals surface area contributed by atoms with Gasteiger partial charge in [0, 0.05) is 38.4 Å². The molecule has 1 aliphatic heterocycles. The van der Waals surface area contributed by atoms with Gasteiger partial charge in [-0.1, -0.05) is 13.8 Å². The number of hydrogen-bond donors (Lipinski definition) is 1. The van der Waals surface area contributed by atoms with Gasteiger partial charge in [0.05, 0.1) is 13.2 Å². The van der Waals surface area contributed by atoms with E-state index >= 15 is 0 Å². The number of nitrogens with one attached hydrogen (secondary N) is 1. The number of methoxy groups -OCH3 is 1. The van der Waals surface area contributed by atoms with Gasteiger partial charge in [-0.2, -0.15) is 0 Å². The molecule has 0 saturated carbocycles. The maximum Gasteiger partial charge on any atom is 0.0700 e. The highest BCUT2D eigenvalue weighted by Gasteiger charge is 2.34. The Balaban J connectivity index is 2.20. The standard InChI is InChI=1S/C16H34N2O2/c1-5-16(6-2)14-18(15(3)13-17-16)9-7-8-10-20-12-11-19-4/h15,17H,5-14H2,1-4H3. The van der Waals surface area contributed by atoms with E-state index in [-0.39, 0.29) is 0 Å². The summed E-state index contributed by atoms with van der Waals surface area (Å²) < 4.78 is 10.5. The topological polar surface area (TPSA) is 33.7 Å². The number of hydrogen-bond acceptors (Lipinski definition) is 4. The predicted molar refractivity (Wildman–Crippen MR) is 84.3 cm³/mol. The van der Waals surface area contributed by atoms with Crippen LogP contribution in [0.4, 0.5) is 0 Å². The minimum absolute atomic E-state index is 0.335. The highest BCUT2D eigenvalue weighted by Crippen LogP contribution is 2.22. The lowest BCUT2D eigenvalue weighted by molar-refractivity contribution is 0.0593. The van der Waals surface area contributed by atoms with E-state index in [0.29, 0.717) is 18.2 Å². The Labute approximate surface area is 125 Å². The zero-order valence-electron chi connectivity index (χ0n) is 13.9. The molecule has 0 radical (unpaired) electrons. The Bertz CT molecular complexity index is 245. The molecule has 1 fully saturated rings. The van der Waals surface area contributed by atoms with Gasteiger partial charge in [0.25, 0.3) is 0 Å². The maximum absolute atomic E-state index is 5.52. The Morgan fingerprint density at radius 2 is 1.90 bits per heavy atom. The molecule has 1 saturated heterocycles. The van der Waals surface area contributed by atoms with Gasteiger partial charge in [-0.3, -0.25) is 4.90 Å². The SMILES string of the molecule is CCC1(CC)CN(CCCCOCCOC)C(C)CN1. The summed E-state index contributed by atoms with van der Waals surface area (Å²) in [6.07, 6.45) is 4.80. The monoisotopic (exact) mass is 286 g/mol. The fraction of sp³-hybridized carbons (Fsp3) is 1.00. The van der Waals surface area contributed by atoms with Gasteiger partial charge in [0.15, 0.2) is 0 Å². The normalized spacial score (nSPS) is 23.1. The minimum Gasteiger partial charge on any atom is -0.382 e. The Morgan fingerprint density at radius 3 is 2.55 bits per heavy atom. The summed E-state index contributed by atoms with van der Waals surface area (Å²) in [5.74, 6) is 0. The molecule has 20 heavy (non-hydrogen) atoms. The fourth-order valence-corrected chi connectivity index (χ4v) is 2.88. The predicted octanol–water partition coefficient (Wildman–Crippen LogP) is 2.28. The van der Waals surface area contributed by atoms with Crippen molar-refractivity contribution < 1.29 is 9.47 Å². The van der Waals surface area contributed by atoms with E-state index in [4.69, 9.17) is 9.47 Å². The smallest absolute Gasteiger partial charge is 0.0700 e. The van der Waals surface area contributed by atoms with Crippen LogP contribution < -0.4 is 5.32 Å². The van der Waals surface area contributed by atoms with E-state index in [1.165, 1.54) is 32.4 Å². The Hall–Kier alpha value is -0.160. The number of piperazine rings is 1. The van der Waals surface area contributed by atoms with Crippen molar-refractivity contribution in [3.8, 4) is 0 Å². The molecule has 1 aliphatic rings. The van der Waals surface area contributed by atoms with E-state index in [1.807, 2.05) is 0 Å². The summed E-state index contributed by atoms with van der Waals surface area (Å²) in [5.41, 5.74) is 0.335. The summed E-state index contributed by atoms with van der Waals surface area (Å²) in [5, 5.41) is 3.76. The average Bonchev–Trinajstić information content (AvgIpc) is 2.48. The van der Waals surface area contributed by atoms with Crippen molar-refractivity contribution in [2.45, 2.75) is 58.0 Å². The molecule has 0 spiro atoms. The summed E-state index contributed by atoms with van der Waals surface area (Å²) in [7, 11) is 1.71. The number of unbranched alkanes of at least 4 members (excludes halogenated alkanes) is 1. The molecule has 4 heteroatoms. The molecule has 0 aromatic heterocycles. The first-order chi connectivity index (χ1) is 9.67. The average molecular weight is 286 g/mol. The van der Waals surface area contributed by atoms with Crippen LogP contribution in [-0.2, 0) is 9.47 Å². The molecule has 1 N–H and O–H groups in total. The van der Waals surface area contributed by atoms with Crippen LogP contribution >= 0.6 is 0 Å². The number of nitrogens with zero attached hydrogens (tertiary/aromatic N) is 1. The van der Waals surface area contributed by atoms with Gasteiger partial charge >= 0.3 is 0 Å². The summed E-state index contributed by atoms with van der Waals surface area (Å²) >= 11 is 0. The van der Waals surface area contributed by atoms with Crippen molar-refractivity contribution >= 4 is 0 Å². The lowest BCUT2D eigenvalue weighted by Crippen LogP contribution is -2.63. The highest BCUT2D eigenvalue weighted by molar-refractivity contribution is 4.95. The number of rotatable bonds is 10. The van der Waals surface area contributed by atoms with E-state index < -0.39 is 0 Å². The molecule has 1 unspecified atom stereocenters. The van der Waals surface area contributed by atoms with Crippen LogP contribution in [0.15, 0.2) is 0 Å². The minimum atomic E-state index is 0.335. The molecule has 1 heterocycles. The van der Waals surface area contributed by atoms with Crippen LogP contribution in [0.3, 0.4) is 0 Å². The summed E-state index contributed by atoms with van der Waals surface area (Å²) in [6, 6.07) is 0.649.